The second kappa shape index (κ2) is 8.49. The molecule has 0 saturated carbocycles. The number of hydrogen-bond acceptors (Lipinski definition) is 5. The van der Waals surface area contributed by atoms with Crippen LogP contribution in [-0.2, 0) is 4.74 Å². The Labute approximate surface area is 177 Å². The molecule has 154 valence electrons. The van der Waals surface area contributed by atoms with Crippen molar-refractivity contribution in [2.75, 3.05) is 24.7 Å². The normalized spacial score (nSPS) is 13.2. The highest BCUT2D eigenvalue weighted by atomic mass is 16.7. The quantitative estimate of drug-likeness (QED) is 0.415. The number of rotatable bonds is 5. The number of anilines is 1. The molecule has 5 nitrogen and oxygen atoms in total. The molecule has 0 N–H and O–H groups in total. The fraction of sp³-hybridized carbons (Fsp3) is 0.240. The maximum Gasteiger partial charge on any atom is 0.513 e. The van der Waals surface area contributed by atoms with Crippen LogP contribution in [0.15, 0.2) is 67.0 Å². The molecule has 0 unspecified atom stereocenters. The van der Waals surface area contributed by atoms with Crippen LogP contribution in [0.25, 0.3) is 10.8 Å². The summed E-state index contributed by atoms with van der Waals surface area (Å²) in [6.07, 6.45) is 3.41. The van der Waals surface area contributed by atoms with Gasteiger partial charge in [-0.15, -0.1) is 0 Å². The van der Waals surface area contributed by atoms with E-state index in [9.17, 15) is 4.79 Å². The zero-order valence-electron chi connectivity index (χ0n) is 17.6. The predicted molar refractivity (Wildman–Crippen MR) is 120 cm³/mol. The van der Waals surface area contributed by atoms with Crippen molar-refractivity contribution in [3.8, 4) is 5.75 Å². The number of nitrogens with zero attached hydrogens (tertiary/aromatic N) is 2. The molecule has 0 aliphatic carbocycles. The second-order valence-electron chi connectivity index (χ2n) is 7.68. The molecular formula is C25H26N2O3. The molecule has 0 fully saturated rings. The van der Waals surface area contributed by atoms with E-state index in [2.05, 4.69) is 48.9 Å². The molecule has 1 aliphatic heterocycles. The van der Waals surface area contributed by atoms with E-state index in [1.807, 2.05) is 42.6 Å². The van der Waals surface area contributed by atoms with Crippen molar-refractivity contribution in [3.05, 3.63) is 83.7 Å². The highest BCUT2D eigenvalue weighted by molar-refractivity contribution is 5.84. The first-order valence-corrected chi connectivity index (χ1v) is 10.1. The van der Waals surface area contributed by atoms with Crippen LogP contribution in [0.5, 0.6) is 5.75 Å². The van der Waals surface area contributed by atoms with Crippen LogP contribution >= 0.6 is 0 Å². The van der Waals surface area contributed by atoms with Crippen molar-refractivity contribution in [3.63, 3.8) is 0 Å². The van der Waals surface area contributed by atoms with E-state index in [0.717, 1.165) is 17.4 Å². The Balaban J connectivity index is 1.27. The zero-order valence-corrected chi connectivity index (χ0v) is 17.6. The van der Waals surface area contributed by atoms with Crippen LogP contribution in [-0.4, -0.2) is 30.9 Å². The fourth-order valence-electron chi connectivity index (χ4n) is 3.98. The molecule has 0 amide bonds. The van der Waals surface area contributed by atoms with Crippen LogP contribution in [0.1, 0.15) is 16.7 Å². The van der Waals surface area contributed by atoms with Crippen molar-refractivity contribution in [2.45, 2.75) is 20.8 Å². The number of fused-ring (bicyclic) bond motifs is 1. The van der Waals surface area contributed by atoms with E-state index in [0.29, 0.717) is 12.3 Å². The minimum atomic E-state index is -0.685. The SMILES string of the molecule is Cc1cc(C)c(N2C=CN(CCOC(=O)Oc3ccc4ccccc4c3)C2)c(C)c1. The average molecular weight is 402 g/mol. The topological polar surface area (TPSA) is 42.0 Å². The van der Waals surface area contributed by atoms with Crippen LogP contribution in [0.3, 0.4) is 0 Å². The first kappa shape index (κ1) is 19.8. The third kappa shape index (κ3) is 4.40. The molecule has 3 aromatic carbocycles. The number of aryl methyl sites for hydroxylation is 3. The van der Waals surface area contributed by atoms with E-state index in [-0.39, 0.29) is 6.61 Å². The molecule has 30 heavy (non-hydrogen) atoms. The van der Waals surface area contributed by atoms with Crippen LogP contribution < -0.4 is 9.64 Å². The summed E-state index contributed by atoms with van der Waals surface area (Å²) < 4.78 is 10.6. The predicted octanol–water partition coefficient (Wildman–Crippen LogP) is 5.53. The fourth-order valence-corrected chi connectivity index (χ4v) is 3.98. The highest BCUT2D eigenvalue weighted by Gasteiger charge is 2.18. The average Bonchev–Trinajstić information content (AvgIpc) is 3.15. The van der Waals surface area contributed by atoms with Gasteiger partial charge < -0.3 is 19.3 Å². The largest absolute Gasteiger partial charge is 0.513 e. The molecule has 0 bridgehead atoms. The summed E-state index contributed by atoms with van der Waals surface area (Å²) in [5, 5.41) is 2.12. The lowest BCUT2D eigenvalue weighted by Gasteiger charge is -2.24. The Morgan fingerprint density at radius 3 is 2.43 bits per heavy atom. The summed E-state index contributed by atoms with van der Waals surface area (Å²) in [7, 11) is 0. The molecule has 0 saturated heterocycles. The third-order valence-corrected chi connectivity index (χ3v) is 5.23. The highest BCUT2D eigenvalue weighted by Crippen LogP contribution is 2.28. The first-order chi connectivity index (χ1) is 14.5. The van der Waals surface area contributed by atoms with Gasteiger partial charge in [0.15, 0.2) is 0 Å². The lowest BCUT2D eigenvalue weighted by atomic mass is 10.0. The van der Waals surface area contributed by atoms with Crippen LogP contribution in [0.4, 0.5) is 10.5 Å². The van der Waals surface area contributed by atoms with Crippen molar-refractivity contribution < 1.29 is 14.3 Å². The van der Waals surface area contributed by atoms with Gasteiger partial charge in [0, 0.05) is 18.1 Å². The molecule has 3 aromatic rings. The van der Waals surface area contributed by atoms with Crippen LogP contribution in [0.2, 0.25) is 0 Å². The lowest BCUT2D eigenvalue weighted by Crippen LogP contribution is -2.29. The number of ether oxygens (including phenoxy) is 2. The zero-order chi connectivity index (χ0) is 21.1. The van der Waals surface area contributed by atoms with Gasteiger partial charge in [-0.2, -0.15) is 0 Å². The Kier molecular flexibility index (Phi) is 5.61. The van der Waals surface area contributed by atoms with Gasteiger partial charge in [-0.25, -0.2) is 4.79 Å². The maximum atomic E-state index is 12.0. The molecule has 0 atom stereocenters. The second-order valence-corrected chi connectivity index (χ2v) is 7.68. The minimum absolute atomic E-state index is 0.260. The van der Waals surface area contributed by atoms with E-state index in [1.54, 1.807) is 6.07 Å². The summed E-state index contributed by atoms with van der Waals surface area (Å²) in [5.41, 5.74) is 5.02. The number of carbonyl (C=O) groups is 1. The third-order valence-electron chi connectivity index (χ3n) is 5.23. The Morgan fingerprint density at radius 2 is 1.67 bits per heavy atom. The van der Waals surface area contributed by atoms with E-state index in [4.69, 9.17) is 9.47 Å². The smallest absolute Gasteiger partial charge is 0.432 e. The molecule has 1 heterocycles. The van der Waals surface area contributed by atoms with Crippen LogP contribution in [0, 0.1) is 20.8 Å². The van der Waals surface area contributed by atoms with E-state index in [1.165, 1.54) is 22.4 Å². The summed E-state index contributed by atoms with van der Waals surface area (Å²) in [5.74, 6) is 0.483. The minimum Gasteiger partial charge on any atom is -0.432 e. The van der Waals surface area contributed by atoms with Crippen molar-refractivity contribution in [2.24, 2.45) is 0 Å². The summed E-state index contributed by atoms with van der Waals surface area (Å²) >= 11 is 0. The molecule has 0 radical (unpaired) electrons. The Hall–Kier alpha value is -3.47. The van der Waals surface area contributed by atoms with Gasteiger partial charge in [0.05, 0.1) is 13.2 Å². The van der Waals surface area contributed by atoms with Gasteiger partial charge in [0.2, 0.25) is 0 Å². The van der Waals surface area contributed by atoms with E-state index < -0.39 is 6.16 Å². The van der Waals surface area contributed by atoms with Gasteiger partial charge >= 0.3 is 6.16 Å². The number of carbonyl (C=O) groups excluding carboxylic acids is 1. The molecular weight excluding hydrogens is 376 g/mol. The first-order valence-electron chi connectivity index (χ1n) is 10.1. The summed E-state index contributed by atoms with van der Waals surface area (Å²) in [6.45, 7) is 7.98. The van der Waals surface area contributed by atoms with Gasteiger partial charge in [-0.05, 0) is 54.8 Å². The summed E-state index contributed by atoms with van der Waals surface area (Å²) in [6, 6.07) is 17.9. The lowest BCUT2D eigenvalue weighted by molar-refractivity contribution is 0.0931. The molecule has 1 aliphatic rings. The van der Waals surface area contributed by atoms with Crippen molar-refractivity contribution >= 4 is 22.6 Å². The Morgan fingerprint density at radius 1 is 0.933 bits per heavy atom. The molecule has 0 spiro atoms. The molecule has 0 aromatic heterocycles. The van der Waals surface area contributed by atoms with Crippen molar-refractivity contribution in [1.29, 1.82) is 0 Å². The van der Waals surface area contributed by atoms with Gasteiger partial charge in [0.25, 0.3) is 0 Å². The van der Waals surface area contributed by atoms with Crippen molar-refractivity contribution in [1.82, 2.24) is 4.90 Å². The van der Waals surface area contributed by atoms with Gasteiger partial charge in [0.1, 0.15) is 12.4 Å². The summed E-state index contributed by atoms with van der Waals surface area (Å²) in [4.78, 5) is 16.4. The molecule has 5 heteroatoms. The van der Waals surface area contributed by atoms with Gasteiger partial charge in [-0.1, -0.05) is 48.0 Å². The number of benzene rings is 3. The van der Waals surface area contributed by atoms with Gasteiger partial charge in [-0.3, -0.25) is 0 Å². The molecule has 4 rings (SSSR count). The maximum absolute atomic E-state index is 12.0. The monoisotopic (exact) mass is 402 g/mol. The Bertz CT molecular complexity index is 1080. The van der Waals surface area contributed by atoms with E-state index >= 15 is 0 Å². The standard InChI is InChI=1S/C25H26N2O3/c1-18-14-19(2)24(20(3)15-18)27-11-10-26(17-27)12-13-29-25(28)30-23-9-8-21-6-4-5-7-22(21)16-23/h4-11,14-16H,12-13,17H2,1-3H3. The number of hydrogen-bond donors (Lipinski definition) is 0.